The van der Waals surface area contributed by atoms with Crippen LogP contribution in [0, 0.1) is 6.92 Å². The number of ether oxygens (including phenoxy) is 1. The third kappa shape index (κ3) is 3.36. The van der Waals surface area contributed by atoms with Crippen LogP contribution in [0.2, 0.25) is 0 Å². The Bertz CT molecular complexity index is 602. The maximum Gasteiger partial charge on any atom is 0.132 e. The van der Waals surface area contributed by atoms with Crippen molar-refractivity contribution < 1.29 is 4.74 Å². The highest BCUT2D eigenvalue weighted by molar-refractivity contribution is 5.56. The summed E-state index contributed by atoms with van der Waals surface area (Å²) in [6.45, 7) is 6.89. The molecule has 0 aliphatic carbocycles. The average Bonchev–Trinajstić information content (AvgIpc) is 2.92. The molecule has 1 aromatic carbocycles. The van der Waals surface area contributed by atoms with Crippen molar-refractivity contribution in [3.63, 3.8) is 0 Å². The van der Waals surface area contributed by atoms with Crippen molar-refractivity contribution in [1.82, 2.24) is 15.1 Å². The number of rotatable bonds is 4. The zero-order chi connectivity index (χ0) is 14.7. The average molecular weight is 286 g/mol. The zero-order valence-corrected chi connectivity index (χ0v) is 12.7. The lowest BCUT2D eigenvalue weighted by Gasteiger charge is -2.30. The van der Waals surface area contributed by atoms with Gasteiger partial charge in [-0.25, -0.2) is 0 Å². The molecule has 0 bridgehead atoms. The Balaban J connectivity index is 1.65. The summed E-state index contributed by atoms with van der Waals surface area (Å²) in [6, 6.07) is 8.30. The van der Waals surface area contributed by atoms with Gasteiger partial charge in [0.2, 0.25) is 0 Å². The SMILES string of the molecule is Cc1cc(OCc2ccn(C)n2)ccc1N1CCNCC1. The van der Waals surface area contributed by atoms with Gasteiger partial charge in [-0.3, -0.25) is 4.68 Å². The van der Waals surface area contributed by atoms with E-state index in [4.69, 9.17) is 4.74 Å². The molecule has 0 unspecified atom stereocenters. The normalized spacial score (nSPS) is 15.2. The topological polar surface area (TPSA) is 42.3 Å². The zero-order valence-electron chi connectivity index (χ0n) is 12.7. The molecule has 2 aromatic rings. The van der Waals surface area contributed by atoms with Gasteiger partial charge in [-0.15, -0.1) is 0 Å². The molecule has 0 spiro atoms. The fraction of sp³-hybridized carbons (Fsp3) is 0.438. The Morgan fingerprint density at radius 2 is 2.05 bits per heavy atom. The van der Waals surface area contributed by atoms with Gasteiger partial charge in [0.05, 0.1) is 5.69 Å². The van der Waals surface area contributed by atoms with Gasteiger partial charge in [-0.1, -0.05) is 0 Å². The third-order valence-electron chi connectivity index (χ3n) is 3.78. The molecule has 0 atom stereocenters. The highest BCUT2D eigenvalue weighted by atomic mass is 16.5. The maximum atomic E-state index is 5.82. The number of nitrogens with zero attached hydrogens (tertiary/aromatic N) is 3. The minimum atomic E-state index is 0.507. The Hall–Kier alpha value is -2.01. The number of benzene rings is 1. The van der Waals surface area contributed by atoms with Crippen LogP contribution in [0.1, 0.15) is 11.3 Å². The fourth-order valence-corrected chi connectivity index (χ4v) is 2.68. The first-order chi connectivity index (χ1) is 10.2. The van der Waals surface area contributed by atoms with Gasteiger partial charge in [0.15, 0.2) is 0 Å². The molecule has 21 heavy (non-hydrogen) atoms. The van der Waals surface area contributed by atoms with E-state index in [1.165, 1.54) is 11.3 Å². The van der Waals surface area contributed by atoms with Crippen LogP contribution in [0.4, 0.5) is 5.69 Å². The van der Waals surface area contributed by atoms with E-state index in [1.54, 1.807) is 4.68 Å². The largest absolute Gasteiger partial charge is 0.487 e. The summed E-state index contributed by atoms with van der Waals surface area (Å²) in [6.07, 6.45) is 1.93. The lowest BCUT2D eigenvalue weighted by atomic mass is 10.1. The standard InChI is InChI=1S/C16H22N4O/c1-13-11-15(21-12-14-5-8-19(2)18-14)3-4-16(13)20-9-6-17-7-10-20/h3-5,8,11,17H,6-7,9-10,12H2,1-2H3. The van der Waals surface area contributed by atoms with Gasteiger partial charge in [0, 0.05) is 45.1 Å². The molecule has 1 aromatic heterocycles. The summed E-state index contributed by atoms with van der Waals surface area (Å²) in [5, 5.41) is 7.70. The van der Waals surface area contributed by atoms with E-state index in [-0.39, 0.29) is 0 Å². The quantitative estimate of drug-likeness (QED) is 0.929. The van der Waals surface area contributed by atoms with Crippen molar-refractivity contribution in [2.75, 3.05) is 31.1 Å². The van der Waals surface area contributed by atoms with Crippen LogP contribution in [0.25, 0.3) is 0 Å². The Morgan fingerprint density at radius 1 is 1.24 bits per heavy atom. The van der Waals surface area contributed by atoms with Gasteiger partial charge in [0.25, 0.3) is 0 Å². The van der Waals surface area contributed by atoms with E-state index in [1.807, 2.05) is 25.4 Å². The molecular formula is C16H22N4O. The molecule has 1 aliphatic rings. The molecule has 112 valence electrons. The number of hydrogen-bond donors (Lipinski definition) is 1. The van der Waals surface area contributed by atoms with Crippen LogP contribution < -0.4 is 15.0 Å². The second-order valence-corrected chi connectivity index (χ2v) is 5.45. The molecule has 0 radical (unpaired) electrons. The molecule has 5 nitrogen and oxygen atoms in total. The Kier molecular flexibility index (Phi) is 4.10. The summed E-state index contributed by atoms with van der Waals surface area (Å²) >= 11 is 0. The van der Waals surface area contributed by atoms with Crippen LogP contribution in [-0.4, -0.2) is 36.0 Å². The van der Waals surface area contributed by atoms with Crippen molar-refractivity contribution in [3.8, 4) is 5.75 Å². The molecule has 1 fully saturated rings. The predicted molar refractivity (Wildman–Crippen MR) is 83.8 cm³/mol. The molecule has 5 heteroatoms. The van der Waals surface area contributed by atoms with Gasteiger partial charge in [0.1, 0.15) is 12.4 Å². The predicted octanol–water partition coefficient (Wildman–Crippen LogP) is 1.72. The molecule has 3 rings (SSSR count). The van der Waals surface area contributed by atoms with E-state index in [0.29, 0.717) is 6.61 Å². The lowest BCUT2D eigenvalue weighted by molar-refractivity contribution is 0.300. The van der Waals surface area contributed by atoms with Crippen LogP contribution in [0.15, 0.2) is 30.5 Å². The fourth-order valence-electron chi connectivity index (χ4n) is 2.68. The van der Waals surface area contributed by atoms with E-state index >= 15 is 0 Å². The molecule has 0 saturated carbocycles. The van der Waals surface area contributed by atoms with Gasteiger partial charge in [-0.2, -0.15) is 5.10 Å². The van der Waals surface area contributed by atoms with E-state index in [9.17, 15) is 0 Å². The number of aryl methyl sites for hydroxylation is 2. The summed E-state index contributed by atoms with van der Waals surface area (Å²) in [4.78, 5) is 2.42. The molecule has 1 saturated heterocycles. The first-order valence-electron chi connectivity index (χ1n) is 7.40. The van der Waals surface area contributed by atoms with E-state index in [2.05, 4.69) is 34.4 Å². The van der Waals surface area contributed by atoms with Crippen LogP contribution in [0.3, 0.4) is 0 Å². The second kappa shape index (κ2) is 6.18. The third-order valence-corrected chi connectivity index (χ3v) is 3.78. The van der Waals surface area contributed by atoms with Gasteiger partial charge >= 0.3 is 0 Å². The van der Waals surface area contributed by atoms with Crippen LogP contribution in [0.5, 0.6) is 5.75 Å². The van der Waals surface area contributed by atoms with Gasteiger partial charge in [-0.05, 0) is 36.8 Å². The van der Waals surface area contributed by atoms with Gasteiger partial charge < -0.3 is 15.0 Å². The monoisotopic (exact) mass is 286 g/mol. The minimum Gasteiger partial charge on any atom is -0.487 e. The number of aromatic nitrogens is 2. The van der Waals surface area contributed by atoms with Crippen LogP contribution >= 0.6 is 0 Å². The first kappa shape index (κ1) is 13.9. The molecule has 0 amide bonds. The van der Waals surface area contributed by atoms with Crippen molar-refractivity contribution in [2.45, 2.75) is 13.5 Å². The Morgan fingerprint density at radius 3 is 2.71 bits per heavy atom. The molecule has 1 aliphatic heterocycles. The first-order valence-corrected chi connectivity index (χ1v) is 7.40. The molecular weight excluding hydrogens is 264 g/mol. The number of piperazine rings is 1. The Labute approximate surface area is 125 Å². The summed E-state index contributed by atoms with van der Waals surface area (Å²) < 4.78 is 7.61. The lowest BCUT2D eigenvalue weighted by Crippen LogP contribution is -2.43. The number of anilines is 1. The van der Waals surface area contributed by atoms with Crippen molar-refractivity contribution in [1.29, 1.82) is 0 Å². The van der Waals surface area contributed by atoms with Crippen molar-refractivity contribution >= 4 is 5.69 Å². The molecule has 1 N–H and O–H groups in total. The highest BCUT2D eigenvalue weighted by Gasteiger charge is 2.13. The second-order valence-electron chi connectivity index (χ2n) is 5.45. The number of hydrogen-bond acceptors (Lipinski definition) is 4. The number of nitrogens with one attached hydrogen (secondary N) is 1. The summed E-state index contributed by atoms with van der Waals surface area (Å²) in [5.41, 5.74) is 3.51. The smallest absolute Gasteiger partial charge is 0.132 e. The molecule has 2 heterocycles. The van der Waals surface area contributed by atoms with E-state index in [0.717, 1.165) is 37.6 Å². The van der Waals surface area contributed by atoms with Crippen molar-refractivity contribution in [3.05, 3.63) is 41.7 Å². The van der Waals surface area contributed by atoms with Crippen LogP contribution in [-0.2, 0) is 13.7 Å². The van der Waals surface area contributed by atoms with Crippen molar-refractivity contribution in [2.24, 2.45) is 7.05 Å². The summed E-state index contributed by atoms with van der Waals surface area (Å²) in [5.74, 6) is 0.900. The summed E-state index contributed by atoms with van der Waals surface area (Å²) in [7, 11) is 1.91. The van der Waals surface area contributed by atoms with E-state index < -0.39 is 0 Å². The highest BCUT2D eigenvalue weighted by Crippen LogP contribution is 2.25. The maximum absolute atomic E-state index is 5.82. The minimum absolute atomic E-state index is 0.507.